The number of fused-ring (bicyclic) bond motifs is 1. The molecule has 0 unspecified atom stereocenters. The van der Waals surface area contributed by atoms with Gasteiger partial charge in [0.2, 0.25) is 11.6 Å². The van der Waals surface area contributed by atoms with E-state index in [0.29, 0.717) is 22.3 Å². The van der Waals surface area contributed by atoms with E-state index in [4.69, 9.17) is 0 Å². The van der Waals surface area contributed by atoms with Crippen molar-refractivity contribution in [3.8, 4) is 0 Å². The number of aliphatic hydroxyl groups is 1. The zero-order valence-corrected chi connectivity index (χ0v) is 13.7. The average Bonchev–Trinajstić information content (AvgIpc) is 2.50. The minimum Gasteiger partial charge on any atom is -0.506 e. The summed E-state index contributed by atoms with van der Waals surface area (Å²) in [6, 6.07) is 9.32. The zero-order chi connectivity index (χ0) is 16.9. The molecule has 3 nitrogen and oxygen atoms in total. The first-order valence-corrected chi connectivity index (χ1v) is 7.53. The van der Waals surface area contributed by atoms with Crippen molar-refractivity contribution in [2.75, 3.05) is 0 Å². The molecule has 0 aliphatic heterocycles. The third kappa shape index (κ3) is 2.20. The number of allylic oxidation sites excluding steroid dienone is 1. The first-order chi connectivity index (χ1) is 10.8. The molecule has 0 amide bonds. The highest BCUT2D eigenvalue weighted by atomic mass is 16.3. The molecule has 2 aromatic rings. The molecule has 0 atom stereocenters. The predicted octanol–water partition coefficient (Wildman–Crippen LogP) is 4.11. The number of Topliss-reactive ketones (excluding diaryl/α,β-unsaturated/α-hetero) is 2. The van der Waals surface area contributed by atoms with Gasteiger partial charge in [-0.2, -0.15) is 0 Å². The van der Waals surface area contributed by atoms with Gasteiger partial charge in [0.05, 0.1) is 5.57 Å². The fourth-order valence-corrected chi connectivity index (χ4v) is 3.12. The Morgan fingerprint density at radius 2 is 1.30 bits per heavy atom. The van der Waals surface area contributed by atoms with E-state index < -0.39 is 11.6 Å². The molecule has 3 heteroatoms. The molecule has 3 rings (SSSR count). The van der Waals surface area contributed by atoms with Gasteiger partial charge in [0, 0.05) is 11.1 Å². The van der Waals surface area contributed by atoms with Crippen molar-refractivity contribution in [3.63, 3.8) is 0 Å². The van der Waals surface area contributed by atoms with Gasteiger partial charge < -0.3 is 5.11 Å². The number of aliphatic hydroxyl groups excluding tert-OH is 1. The van der Waals surface area contributed by atoms with Crippen molar-refractivity contribution in [3.05, 3.63) is 69.3 Å². The second-order valence-electron chi connectivity index (χ2n) is 6.15. The Morgan fingerprint density at radius 1 is 0.739 bits per heavy atom. The molecule has 23 heavy (non-hydrogen) atoms. The smallest absolute Gasteiger partial charge is 0.237 e. The Hall–Kier alpha value is -2.68. The summed E-state index contributed by atoms with van der Waals surface area (Å²) in [6.45, 7) is 7.39. The van der Waals surface area contributed by atoms with Crippen molar-refractivity contribution < 1.29 is 14.7 Å². The van der Waals surface area contributed by atoms with Crippen LogP contribution in [-0.2, 0) is 4.79 Å². The van der Waals surface area contributed by atoms with Crippen LogP contribution in [0.4, 0.5) is 0 Å². The second-order valence-corrected chi connectivity index (χ2v) is 6.15. The molecule has 0 aromatic heterocycles. The molecule has 0 heterocycles. The van der Waals surface area contributed by atoms with Crippen LogP contribution in [0.5, 0.6) is 0 Å². The summed E-state index contributed by atoms with van der Waals surface area (Å²) in [5.74, 6) is -1.29. The van der Waals surface area contributed by atoms with E-state index in [2.05, 4.69) is 0 Å². The van der Waals surface area contributed by atoms with E-state index in [1.165, 1.54) is 0 Å². The third-order valence-electron chi connectivity index (χ3n) is 4.42. The van der Waals surface area contributed by atoms with Gasteiger partial charge in [-0.25, -0.2) is 0 Å². The summed E-state index contributed by atoms with van der Waals surface area (Å²) in [5.41, 5.74) is 4.84. The van der Waals surface area contributed by atoms with Gasteiger partial charge in [-0.3, -0.25) is 9.59 Å². The number of benzene rings is 2. The lowest BCUT2D eigenvalue weighted by atomic mass is 9.80. The van der Waals surface area contributed by atoms with Crippen molar-refractivity contribution in [1.29, 1.82) is 0 Å². The van der Waals surface area contributed by atoms with Crippen LogP contribution >= 0.6 is 0 Å². The Balaban J connectivity index is 2.41. The van der Waals surface area contributed by atoms with Crippen LogP contribution in [0.25, 0.3) is 11.3 Å². The lowest BCUT2D eigenvalue weighted by Crippen LogP contribution is -2.25. The van der Waals surface area contributed by atoms with Crippen LogP contribution in [-0.4, -0.2) is 16.7 Å². The van der Waals surface area contributed by atoms with Gasteiger partial charge in [-0.1, -0.05) is 35.9 Å². The van der Waals surface area contributed by atoms with Crippen molar-refractivity contribution in [2.24, 2.45) is 0 Å². The van der Waals surface area contributed by atoms with Crippen molar-refractivity contribution >= 4 is 22.9 Å². The number of carbonyl (C=O) groups is 2. The molecule has 0 fully saturated rings. The van der Waals surface area contributed by atoms with Gasteiger partial charge in [-0.15, -0.1) is 0 Å². The number of rotatable bonds is 1. The quantitative estimate of drug-likeness (QED) is 0.807. The van der Waals surface area contributed by atoms with Gasteiger partial charge in [0.15, 0.2) is 0 Å². The van der Waals surface area contributed by atoms with Gasteiger partial charge >= 0.3 is 0 Å². The number of hydrogen-bond donors (Lipinski definition) is 1. The second kappa shape index (κ2) is 5.20. The summed E-state index contributed by atoms with van der Waals surface area (Å²) in [6.07, 6.45) is 0. The van der Waals surface area contributed by atoms with E-state index >= 15 is 0 Å². The molecule has 0 spiro atoms. The topological polar surface area (TPSA) is 54.4 Å². The number of carbonyl (C=O) groups excluding carboxylic acids is 2. The largest absolute Gasteiger partial charge is 0.506 e. The van der Waals surface area contributed by atoms with E-state index in [0.717, 1.165) is 16.7 Å². The fraction of sp³-hybridized carbons (Fsp3) is 0.200. The highest BCUT2D eigenvalue weighted by molar-refractivity contribution is 6.62. The maximum Gasteiger partial charge on any atom is 0.237 e. The minimum absolute atomic E-state index is 0.0977. The Morgan fingerprint density at radius 3 is 1.96 bits per heavy atom. The average molecular weight is 306 g/mol. The molecule has 116 valence electrons. The molecular weight excluding hydrogens is 288 g/mol. The van der Waals surface area contributed by atoms with Crippen LogP contribution in [0.2, 0.25) is 0 Å². The van der Waals surface area contributed by atoms with Gasteiger partial charge in [0.1, 0.15) is 5.76 Å². The van der Waals surface area contributed by atoms with Crippen molar-refractivity contribution in [2.45, 2.75) is 27.7 Å². The van der Waals surface area contributed by atoms with Gasteiger partial charge in [-0.05, 0) is 49.9 Å². The predicted molar refractivity (Wildman–Crippen MR) is 90.6 cm³/mol. The van der Waals surface area contributed by atoms with Crippen LogP contribution in [0, 0.1) is 27.7 Å². The molecule has 0 radical (unpaired) electrons. The normalized spacial score (nSPS) is 14.3. The lowest BCUT2D eigenvalue weighted by molar-refractivity contribution is -0.110. The van der Waals surface area contributed by atoms with Crippen LogP contribution < -0.4 is 0 Å². The molecule has 1 N–H and O–H groups in total. The Bertz CT molecular complexity index is 901. The van der Waals surface area contributed by atoms with E-state index in [1.54, 1.807) is 13.0 Å². The summed E-state index contributed by atoms with van der Waals surface area (Å²) < 4.78 is 0. The van der Waals surface area contributed by atoms with Crippen LogP contribution in [0.3, 0.4) is 0 Å². The van der Waals surface area contributed by atoms with E-state index in [1.807, 2.05) is 45.0 Å². The maximum absolute atomic E-state index is 12.7. The van der Waals surface area contributed by atoms with Gasteiger partial charge in [0.25, 0.3) is 0 Å². The molecule has 1 aliphatic rings. The summed E-state index contributed by atoms with van der Waals surface area (Å²) in [7, 11) is 0. The van der Waals surface area contributed by atoms with E-state index in [9.17, 15) is 14.7 Å². The summed E-state index contributed by atoms with van der Waals surface area (Å²) in [4.78, 5) is 25.3. The first-order valence-electron chi connectivity index (χ1n) is 7.53. The standard InChI is InChI=1S/C20H18O3/c1-10-5-6-11(2)14(9-10)17-18(21)15-12(3)7-8-13(4)16(15)19(22)20(17)23/h5-9,21H,1-4H3. The lowest BCUT2D eigenvalue weighted by Gasteiger charge is -2.22. The van der Waals surface area contributed by atoms with E-state index in [-0.39, 0.29) is 11.3 Å². The minimum atomic E-state index is -0.641. The Labute approximate surface area is 135 Å². The third-order valence-corrected chi connectivity index (χ3v) is 4.42. The molecule has 2 aromatic carbocycles. The molecule has 1 aliphatic carbocycles. The number of aryl methyl sites for hydroxylation is 4. The van der Waals surface area contributed by atoms with Crippen LogP contribution in [0.1, 0.15) is 43.7 Å². The molecule has 0 bridgehead atoms. The first kappa shape index (κ1) is 15.2. The molecule has 0 saturated heterocycles. The number of hydrogen-bond acceptors (Lipinski definition) is 3. The van der Waals surface area contributed by atoms with Crippen molar-refractivity contribution in [1.82, 2.24) is 0 Å². The molecular formula is C20H18O3. The maximum atomic E-state index is 12.7. The Kier molecular flexibility index (Phi) is 3.44. The monoisotopic (exact) mass is 306 g/mol. The fourth-order valence-electron chi connectivity index (χ4n) is 3.12. The SMILES string of the molecule is Cc1ccc(C)c(C2=C(O)c3c(C)ccc(C)c3C(=O)C2=O)c1. The zero-order valence-electron chi connectivity index (χ0n) is 13.7. The summed E-state index contributed by atoms with van der Waals surface area (Å²) in [5, 5.41) is 10.8. The molecule has 0 saturated carbocycles. The van der Waals surface area contributed by atoms with Crippen LogP contribution in [0.15, 0.2) is 30.3 Å². The summed E-state index contributed by atoms with van der Waals surface area (Å²) >= 11 is 0. The highest BCUT2D eigenvalue weighted by Crippen LogP contribution is 2.37. The highest BCUT2D eigenvalue weighted by Gasteiger charge is 2.36. The number of ketones is 2.